The van der Waals surface area contributed by atoms with E-state index in [2.05, 4.69) is 12.6 Å². The van der Waals surface area contributed by atoms with Crippen LogP contribution in [0.2, 0.25) is 0 Å². The largest absolute Gasteiger partial charge is 0.455 e. The number of thiol groups is 1. The molecule has 3 aromatic rings. The summed E-state index contributed by atoms with van der Waals surface area (Å²) in [6.45, 7) is 0. The molecule has 0 amide bonds. The van der Waals surface area contributed by atoms with E-state index >= 15 is 0 Å². The molecule has 2 aromatic carbocycles. The van der Waals surface area contributed by atoms with E-state index in [-0.39, 0.29) is 15.7 Å². The molecule has 0 radical (unpaired) electrons. The van der Waals surface area contributed by atoms with E-state index in [0.717, 1.165) is 11.6 Å². The fourth-order valence-electron chi connectivity index (χ4n) is 1.94. The van der Waals surface area contributed by atoms with Crippen molar-refractivity contribution in [3.8, 4) is 11.3 Å². The normalized spacial score (nSPS) is 10.8. The van der Waals surface area contributed by atoms with Gasteiger partial charge in [0.25, 0.3) is 0 Å². The molecule has 0 aliphatic carbocycles. The second-order valence-electron chi connectivity index (χ2n) is 4.12. The third kappa shape index (κ3) is 2.04. The Morgan fingerprint density at radius 3 is 2.53 bits per heavy atom. The molecule has 94 valence electrons. The first-order valence-corrected chi connectivity index (χ1v) is 6.12. The van der Waals surface area contributed by atoms with Crippen LogP contribution in [0, 0.1) is 5.82 Å². The Labute approximate surface area is 113 Å². The molecule has 0 bridgehead atoms. The maximum absolute atomic E-state index is 13.2. The second kappa shape index (κ2) is 4.55. The van der Waals surface area contributed by atoms with Crippen LogP contribution in [0.3, 0.4) is 0 Å². The molecule has 0 aliphatic heterocycles. The highest BCUT2D eigenvalue weighted by Crippen LogP contribution is 2.27. The van der Waals surface area contributed by atoms with E-state index < -0.39 is 5.82 Å². The van der Waals surface area contributed by atoms with Crippen molar-refractivity contribution in [3.05, 3.63) is 64.6 Å². The minimum atomic E-state index is -0.472. The minimum Gasteiger partial charge on any atom is -0.455 e. The molecule has 0 saturated carbocycles. The summed E-state index contributed by atoms with van der Waals surface area (Å²) < 4.78 is 18.8. The van der Waals surface area contributed by atoms with E-state index in [1.54, 1.807) is 0 Å². The molecule has 3 rings (SSSR count). The van der Waals surface area contributed by atoms with Crippen molar-refractivity contribution in [2.24, 2.45) is 0 Å². The third-order valence-corrected chi connectivity index (χ3v) is 3.27. The molecule has 2 nitrogen and oxygen atoms in total. The van der Waals surface area contributed by atoms with Gasteiger partial charge in [-0.1, -0.05) is 30.3 Å². The van der Waals surface area contributed by atoms with Gasteiger partial charge in [-0.3, -0.25) is 4.79 Å². The summed E-state index contributed by atoms with van der Waals surface area (Å²) in [4.78, 5) is 12.4. The van der Waals surface area contributed by atoms with Gasteiger partial charge >= 0.3 is 0 Å². The molecule has 0 N–H and O–H groups in total. The first-order valence-electron chi connectivity index (χ1n) is 5.67. The average molecular weight is 272 g/mol. The molecule has 0 aliphatic rings. The van der Waals surface area contributed by atoms with Crippen LogP contribution in [0.25, 0.3) is 22.3 Å². The highest BCUT2D eigenvalue weighted by Gasteiger charge is 2.13. The summed E-state index contributed by atoms with van der Waals surface area (Å²) in [5.41, 5.74) is 0.779. The van der Waals surface area contributed by atoms with E-state index in [0.29, 0.717) is 11.3 Å². The number of rotatable bonds is 1. The lowest BCUT2D eigenvalue weighted by Gasteiger charge is -2.06. The van der Waals surface area contributed by atoms with Crippen LogP contribution in [-0.2, 0) is 0 Å². The van der Waals surface area contributed by atoms with E-state index in [9.17, 15) is 9.18 Å². The van der Waals surface area contributed by atoms with Crippen molar-refractivity contribution >= 4 is 23.6 Å². The maximum atomic E-state index is 13.2. The Hall–Kier alpha value is -2.07. The molecule has 19 heavy (non-hydrogen) atoms. The van der Waals surface area contributed by atoms with Gasteiger partial charge in [0.1, 0.15) is 11.4 Å². The van der Waals surface area contributed by atoms with Crippen molar-refractivity contribution in [1.29, 1.82) is 0 Å². The van der Waals surface area contributed by atoms with Gasteiger partial charge in [-0.15, -0.1) is 12.6 Å². The smallest absolute Gasteiger partial charge is 0.206 e. The standard InChI is InChI=1S/C15H9FO2S/c16-10-6-7-12-11(8-10)13(17)15(19)14(18-12)9-4-2-1-3-5-9/h1-8,19H. The van der Waals surface area contributed by atoms with E-state index in [4.69, 9.17) is 4.42 Å². The maximum Gasteiger partial charge on any atom is 0.206 e. The molecule has 1 aromatic heterocycles. The average Bonchev–Trinajstić information content (AvgIpc) is 2.44. The topological polar surface area (TPSA) is 30.2 Å². The Morgan fingerprint density at radius 2 is 1.79 bits per heavy atom. The number of hydrogen-bond donors (Lipinski definition) is 1. The van der Waals surface area contributed by atoms with E-state index in [1.165, 1.54) is 12.1 Å². The quantitative estimate of drug-likeness (QED) is 0.681. The number of fused-ring (bicyclic) bond motifs is 1. The van der Waals surface area contributed by atoms with Crippen LogP contribution >= 0.6 is 12.6 Å². The Morgan fingerprint density at radius 1 is 1.05 bits per heavy atom. The molecule has 0 unspecified atom stereocenters. The zero-order valence-electron chi connectivity index (χ0n) is 9.76. The molecular formula is C15H9FO2S. The van der Waals surface area contributed by atoms with Crippen LogP contribution in [-0.4, -0.2) is 0 Å². The molecular weight excluding hydrogens is 263 g/mol. The van der Waals surface area contributed by atoms with Crippen molar-refractivity contribution in [2.75, 3.05) is 0 Å². The van der Waals surface area contributed by atoms with Crippen molar-refractivity contribution in [3.63, 3.8) is 0 Å². The second-order valence-corrected chi connectivity index (χ2v) is 4.56. The summed E-state index contributed by atoms with van der Waals surface area (Å²) in [7, 11) is 0. The molecule has 0 saturated heterocycles. The number of hydrogen-bond acceptors (Lipinski definition) is 3. The number of benzene rings is 2. The monoisotopic (exact) mass is 272 g/mol. The van der Waals surface area contributed by atoms with Gasteiger partial charge in [0.15, 0.2) is 5.76 Å². The molecule has 0 fully saturated rings. The molecule has 0 spiro atoms. The van der Waals surface area contributed by atoms with Crippen molar-refractivity contribution in [2.45, 2.75) is 4.90 Å². The van der Waals surface area contributed by atoms with Crippen LogP contribution < -0.4 is 5.43 Å². The lowest BCUT2D eigenvalue weighted by atomic mass is 10.1. The molecule has 1 heterocycles. The van der Waals surface area contributed by atoms with Gasteiger partial charge in [0, 0.05) is 5.56 Å². The third-order valence-electron chi connectivity index (χ3n) is 2.86. The van der Waals surface area contributed by atoms with Crippen molar-refractivity contribution < 1.29 is 8.81 Å². The summed E-state index contributed by atoms with van der Waals surface area (Å²) in [5.74, 6) is -0.0759. The van der Waals surface area contributed by atoms with Crippen LogP contribution in [0.1, 0.15) is 0 Å². The fraction of sp³-hybridized carbons (Fsp3) is 0. The summed E-state index contributed by atoms with van der Waals surface area (Å²) in [6.07, 6.45) is 0. The Kier molecular flexibility index (Phi) is 2.87. The minimum absolute atomic E-state index is 0.185. The van der Waals surface area contributed by atoms with Gasteiger partial charge in [-0.25, -0.2) is 4.39 Å². The zero-order chi connectivity index (χ0) is 13.4. The van der Waals surface area contributed by atoms with Gasteiger partial charge in [-0.2, -0.15) is 0 Å². The first-order chi connectivity index (χ1) is 9.16. The predicted molar refractivity (Wildman–Crippen MR) is 75.1 cm³/mol. The number of halogens is 1. The Bertz CT molecular complexity index is 809. The SMILES string of the molecule is O=c1c(S)c(-c2ccccc2)oc2ccc(F)cc12. The summed E-state index contributed by atoms with van der Waals surface area (Å²) in [6, 6.07) is 13.1. The highest BCUT2D eigenvalue weighted by molar-refractivity contribution is 7.80. The molecule has 0 atom stereocenters. The van der Waals surface area contributed by atoms with Gasteiger partial charge in [0.05, 0.1) is 10.3 Å². The van der Waals surface area contributed by atoms with Crippen LogP contribution in [0.15, 0.2) is 62.6 Å². The summed E-state index contributed by atoms with van der Waals surface area (Å²) >= 11 is 4.20. The highest BCUT2D eigenvalue weighted by atomic mass is 32.1. The first kappa shape index (κ1) is 12.0. The molecule has 4 heteroatoms. The van der Waals surface area contributed by atoms with Gasteiger partial charge < -0.3 is 4.42 Å². The lowest BCUT2D eigenvalue weighted by molar-refractivity contribution is 0.598. The van der Waals surface area contributed by atoms with Crippen LogP contribution in [0.5, 0.6) is 0 Å². The zero-order valence-corrected chi connectivity index (χ0v) is 10.7. The Balaban J connectivity index is 2.37. The van der Waals surface area contributed by atoms with Crippen LogP contribution in [0.4, 0.5) is 4.39 Å². The van der Waals surface area contributed by atoms with Gasteiger partial charge in [0.2, 0.25) is 5.43 Å². The van der Waals surface area contributed by atoms with E-state index in [1.807, 2.05) is 30.3 Å². The summed E-state index contributed by atoms with van der Waals surface area (Å²) in [5, 5.41) is 0.199. The predicted octanol–water partition coefficient (Wildman–Crippen LogP) is 3.89. The van der Waals surface area contributed by atoms with Crippen molar-refractivity contribution in [1.82, 2.24) is 0 Å². The fourth-order valence-corrected chi connectivity index (χ4v) is 2.24. The lowest BCUT2D eigenvalue weighted by Crippen LogP contribution is -2.05. The van der Waals surface area contributed by atoms with Gasteiger partial charge in [-0.05, 0) is 18.2 Å².